The maximum Gasteiger partial charge on any atom is 0.342 e. The molecular formula is C14H29O5P. The summed E-state index contributed by atoms with van der Waals surface area (Å²) in [4.78, 5) is 31.7. The molecule has 120 valence electrons. The van der Waals surface area contributed by atoms with Crippen molar-refractivity contribution in [3.63, 3.8) is 0 Å². The lowest BCUT2D eigenvalue weighted by atomic mass is 9.95. The van der Waals surface area contributed by atoms with Crippen LogP contribution < -0.4 is 0 Å². The van der Waals surface area contributed by atoms with Crippen LogP contribution in [0.3, 0.4) is 0 Å². The quantitative estimate of drug-likeness (QED) is 0.346. The van der Waals surface area contributed by atoms with Gasteiger partial charge < -0.3 is 14.5 Å². The molecule has 0 aromatic heterocycles. The van der Waals surface area contributed by atoms with Gasteiger partial charge in [0.2, 0.25) is 0 Å². The number of ether oxygens (including phenoxy) is 1. The molecule has 0 aromatic carbocycles. The van der Waals surface area contributed by atoms with E-state index < -0.39 is 18.7 Å². The molecule has 0 aliphatic rings. The third-order valence-electron chi connectivity index (χ3n) is 3.56. The molecule has 0 aliphatic heterocycles. The lowest BCUT2D eigenvalue weighted by Gasteiger charge is -2.32. The molecule has 0 saturated carbocycles. The summed E-state index contributed by atoms with van der Waals surface area (Å²) in [5.41, 5.74) is 0. The standard InChI is InChI=1S/C14H29O5P/c1-4-7-10-14(11-8-5-2,20(16,17)18)13(15)19-12-9-6-3/h4-12H2,1-3H3,(H2,16,17,18). The van der Waals surface area contributed by atoms with Crippen molar-refractivity contribution in [1.82, 2.24) is 0 Å². The summed E-state index contributed by atoms with van der Waals surface area (Å²) in [6, 6.07) is 0. The molecule has 0 heterocycles. The van der Waals surface area contributed by atoms with E-state index in [4.69, 9.17) is 4.74 Å². The van der Waals surface area contributed by atoms with Crippen molar-refractivity contribution >= 4 is 13.6 Å². The van der Waals surface area contributed by atoms with Gasteiger partial charge in [-0.05, 0) is 19.3 Å². The molecule has 20 heavy (non-hydrogen) atoms. The molecule has 0 bridgehead atoms. The van der Waals surface area contributed by atoms with Crippen molar-refractivity contribution in [3.8, 4) is 0 Å². The highest BCUT2D eigenvalue weighted by molar-refractivity contribution is 7.54. The van der Waals surface area contributed by atoms with Crippen LogP contribution in [0.15, 0.2) is 0 Å². The number of hydrogen-bond donors (Lipinski definition) is 2. The number of esters is 1. The van der Waals surface area contributed by atoms with Crippen LogP contribution in [0.2, 0.25) is 0 Å². The molecule has 0 atom stereocenters. The Morgan fingerprint density at radius 3 is 1.80 bits per heavy atom. The number of hydrogen-bond acceptors (Lipinski definition) is 3. The van der Waals surface area contributed by atoms with E-state index in [9.17, 15) is 19.1 Å². The third kappa shape index (κ3) is 5.55. The van der Waals surface area contributed by atoms with Crippen LogP contribution in [0.5, 0.6) is 0 Å². The highest BCUT2D eigenvalue weighted by Crippen LogP contribution is 2.56. The van der Waals surface area contributed by atoms with Gasteiger partial charge in [-0.3, -0.25) is 9.36 Å². The largest absolute Gasteiger partial charge is 0.465 e. The molecular weight excluding hydrogens is 279 g/mol. The van der Waals surface area contributed by atoms with Crippen molar-refractivity contribution in [2.75, 3.05) is 6.61 Å². The molecule has 6 heteroatoms. The predicted octanol–water partition coefficient (Wildman–Crippen LogP) is 3.63. The molecule has 2 N–H and O–H groups in total. The van der Waals surface area contributed by atoms with Crippen LogP contribution in [-0.4, -0.2) is 27.5 Å². The second-order valence-electron chi connectivity index (χ2n) is 5.27. The topological polar surface area (TPSA) is 83.8 Å². The zero-order chi connectivity index (χ0) is 15.6. The second kappa shape index (κ2) is 9.54. The summed E-state index contributed by atoms with van der Waals surface area (Å²) in [5.74, 6) is -0.721. The zero-order valence-corrected chi connectivity index (χ0v) is 13.8. The number of carbonyl (C=O) groups excluding carboxylic acids is 1. The van der Waals surface area contributed by atoms with Gasteiger partial charge >= 0.3 is 13.6 Å². The summed E-state index contributed by atoms with van der Waals surface area (Å²) in [7, 11) is -4.55. The van der Waals surface area contributed by atoms with Crippen LogP contribution >= 0.6 is 7.60 Å². The summed E-state index contributed by atoms with van der Waals surface area (Å²) in [6.07, 6.45) is 4.77. The van der Waals surface area contributed by atoms with Crippen molar-refractivity contribution in [1.29, 1.82) is 0 Å². The minimum Gasteiger partial charge on any atom is -0.465 e. The summed E-state index contributed by atoms with van der Waals surface area (Å²) >= 11 is 0. The average Bonchev–Trinajstić information content (AvgIpc) is 2.38. The van der Waals surface area contributed by atoms with Crippen LogP contribution in [0, 0.1) is 0 Å². The van der Waals surface area contributed by atoms with Gasteiger partial charge in [0.25, 0.3) is 0 Å². The Balaban J connectivity index is 5.14. The average molecular weight is 308 g/mol. The smallest absolute Gasteiger partial charge is 0.342 e. The van der Waals surface area contributed by atoms with Crippen LogP contribution in [0.4, 0.5) is 0 Å². The fourth-order valence-corrected chi connectivity index (χ4v) is 3.32. The summed E-state index contributed by atoms with van der Waals surface area (Å²) < 4.78 is 17.1. The molecule has 0 rings (SSSR count). The second-order valence-corrected chi connectivity index (χ2v) is 7.22. The maximum absolute atomic E-state index is 12.3. The number of unbranched alkanes of at least 4 members (excludes halogenated alkanes) is 3. The Labute approximate surface area is 122 Å². The number of carbonyl (C=O) groups is 1. The maximum atomic E-state index is 12.3. The van der Waals surface area contributed by atoms with Crippen molar-refractivity contribution in [3.05, 3.63) is 0 Å². The Hall–Kier alpha value is -0.380. The van der Waals surface area contributed by atoms with Gasteiger partial charge in [-0.1, -0.05) is 52.9 Å². The SMILES string of the molecule is CCCCOC(=O)C(CCCC)(CCCC)P(=O)(O)O. The van der Waals surface area contributed by atoms with E-state index in [1.807, 2.05) is 20.8 Å². The molecule has 0 unspecified atom stereocenters. The van der Waals surface area contributed by atoms with Crippen LogP contribution in [-0.2, 0) is 14.1 Å². The van der Waals surface area contributed by atoms with Gasteiger partial charge in [-0.2, -0.15) is 0 Å². The zero-order valence-electron chi connectivity index (χ0n) is 12.9. The number of rotatable bonds is 11. The first-order chi connectivity index (χ1) is 9.35. The van der Waals surface area contributed by atoms with E-state index >= 15 is 0 Å². The molecule has 0 radical (unpaired) electrons. The van der Waals surface area contributed by atoms with Gasteiger partial charge in [0.15, 0.2) is 5.16 Å². The van der Waals surface area contributed by atoms with Gasteiger partial charge in [0.05, 0.1) is 6.61 Å². The summed E-state index contributed by atoms with van der Waals surface area (Å²) in [6.45, 7) is 6.08. The van der Waals surface area contributed by atoms with Gasteiger partial charge in [0.1, 0.15) is 0 Å². The molecule has 0 saturated heterocycles. The van der Waals surface area contributed by atoms with E-state index in [-0.39, 0.29) is 19.4 Å². The van der Waals surface area contributed by atoms with Crippen LogP contribution in [0.1, 0.15) is 72.1 Å². The molecule has 0 amide bonds. The lowest BCUT2D eigenvalue weighted by Crippen LogP contribution is -2.40. The van der Waals surface area contributed by atoms with Crippen molar-refractivity contribution in [2.24, 2.45) is 0 Å². The molecule has 0 fully saturated rings. The van der Waals surface area contributed by atoms with Gasteiger partial charge in [-0.25, -0.2) is 0 Å². The van der Waals surface area contributed by atoms with E-state index in [0.717, 1.165) is 19.3 Å². The predicted molar refractivity (Wildman–Crippen MR) is 79.7 cm³/mol. The van der Waals surface area contributed by atoms with E-state index in [0.29, 0.717) is 19.3 Å². The highest BCUT2D eigenvalue weighted by atomic mass is 31.2. The Morgan fingerprint density at radius 2 is 1.45 bits per heavy atom. The highest BCUT2D eigenvalue weighted by Gasteiger charge is 2.53. The molecule has 5 nitrogen and oxygen atoms in total. The third-order valence-corrected chi connectivity index (χ3v) is 5.30. The Kier molecular flexibility index (Phi) is 9.36. The van der Waals surface area contributed by atoms with Crippen molar-refractivity contribution in [2.45, 2.75) is 77.3 Å². The Bertz CT molecular complexity index is 316. The minimum absolute atomic E-state index is 0.193. The fraction of sp³-hybridized carbons (Fsp3) is 0.929. The lowest BCUT2D eigenvalue weighted by molar-refractivity contribution is -0.148. The van der Waals surface area contributed by atoms with Gasteiger partial charge in [-0.15, -0.1) is 0 Å². The molecule has 0 spiro atoms. The first-order valence-corrected chi connectivity index (χ1v) is 9.19. The van der Waals surface area contributed by atoms with Crippen molar-refractivity contribution < 1.29 is 23.9 Å². The molecule has 0 aliphatic carbocycles. The minimum atomic E-state index is -4.55. The van der Waals surface area contributed by atoms with Crippen LogP contribution in [0.25, 0.3) is 0 Å². The van der Waals surface area contributed by atoms with E-state index in [1.165, 1.54) is 0 Å². The fourth-order valence-electron chi connectivity index (χ4n) is 2.12. The van der Waals surface area contributed by atoms with Gasteiger partial charge in [0, 0.05) is 0 Å². The molecule has 0 aromatic rings. The normalized spacial score (nSPS) is 12.4. The monoisotopic (exact) mass is 308 g/mol. The van der Waals surface area contributed by atoms with E-state index in [1.54, 1.807) is 0 Å². The van der Waals surface area contributed by atoms with E-state index in [2.05, 4.69) is 0 Å². The first kappa shape index (κ1) is 19.6. The first-order valence-electron chi connectivity index (χ1n) is 7.58. The summed E-state index contributed by atoms with van der Waals surface area (Å²) in [5, 5.41) is -1.65. The Morgan fingerprint density at radius 1 is 1.00 bits per heavy atom.